The first-order valence-electron chi connectivity index (χ1n) is 10.0. The van der Waals surface area contributed by atoms with E-state index in [2.05, 4.69) is 10.2 Å². The van der Waals surface area contributed by atoms with Gasteiger partial charge in [0.2, 0.25) is 5.89 Å². The molecule has 0 spiro atoms. The molecule has 0 unspecified atom stereocenters. The molecule has 3 aliphatic carbocycles. The summed E-state index contributed by atoms with van der Waals surface area (Å²) in [6.45, 7) is -0.115. The van der Waals surface area contributed by atoms with Crippen molar-refractivity contribution in [3.05, 3.63) is 64.8 Å². The molecule has 1 aromatic heterocycles. The zero-order valence-electron chi connectivity index (χ0n) is 16.8. The van der Waals surface area contributed by atoms with Crippen molar-refractivity contribution in [2.24, 2.45) is 5.41 Å². The van der Waals surface area contributed by atoms with Crippen molar-refractivity contribution in [1.29, 1.82) is 5.26 Å². The molecule has 32 heavy (non-hydrogen) atoms. The highest BCUT2D eigenvalue weighted by Crippen LogP contribution is 2.74. The molecule has 2 bridgehead atoms. The van der Waals surface area contributed by atoms with E-state index in [0.717, 1.165) is 25.3 Å². The maximum atomic E-state index is 13.5. The average molecular weight is 454 g/mol. The fourth-order valence-electron chi connectivity index (χ4n) is 4.81. The quantitative estimate of drug-likeness (QED) is 0.474. The van der Waals surface area contributed by atoms with Gasteiger partial charge in [-0.25, -0.2) is 4.39 Å². The van der Waals surface area contributed by atoms with Crippen molar-refractivity contribution in [2.45, 2.75) is 31.1 Å². The van der Waals surface area contributed by atoms with Crippen LogP contribution in [0.25, 0.3) is 0 Å². The third kappa shape index (κ3) is 3.69. The predicted octanol–water partition coefficient (Wildman–Crippen LogP) is 4.99. The number of rotatable bonds is 8. The SMILES string of the molecule is N#Cc1cccc(Oc2nnc(C34CC(CC(=O)COc5ccc(Cl)c(F)c5)(C3)C4)o2)c1. The van der Waals surface area contributed by atoms with Crippen LogP contribution in [0.1, 0.15) is 37.1 Å². The van der Waals surface area contributed by atoms with Gasteiger partial charge in [0.1, 0.15) is 23.9 Å². The summed E-state index contributed by atoms with van der Waals surface area (Å²) in [6.07, 6.45) is 2.77. The normalized spacial score (nSPS) is 22.9. The molecule has 3 aliphatic rings. The van der Waals surface area contributed by atoms with E-state index in [1.165, 1.54) is 12.1 Å². The summed E-state index contributed by atoms with van der Waals surface area (Å²) in [5.74, 6) is 0.595. The van der Waals surface area contributed by atoms with Crippen LogP contribution < -0.4 is 9.47 Å². The summed E-state index contributed by atoms with van der Waals surface area (Å²) in [4.78, 5) is 12.4. The topological polar surface area (TPSA) is 98.2 Å². The average Bonchev–Trinajstić information content (AvgIpc) is 3.18. The smallest absolute Gasteiger partial charge is 0.420 e. The Balaban J connectivity index is 1.13. The highest BCUT2D eigenvalue weighted by atomic mass is 35.5. The van der Waals surface area contributed by atoms with Crippen LogP contribution in [0.5, 0.6) is 17.6 Å². The number of carbonyl (C=O) groups excluding carboxylic acids is 1. The summed E-state index contributed by atoms with van der Waals surface area (Å²) in [7, 11) is 0. The molecule has 3 aromatic rings. The lowest BCUT2D eigenvalue weighted by Gasteiger charge is -2.68. The van der Waals surface area contributed by atoms with Crippen molar-refractivity contribution in [3.8, 4) is 23.6 Å². The standard InChI is InChI=1S/C23H17ClFN3O4/c24-18-5-4-16(7-19(18)25)30-10-15(29)8-22-11-23(12-22,13-22)20-27-28-21(32-20)31-17-3-1-2-14(6-17)9-26/h1-7H,8,10-13H2. The zero-order valence-corrected chi connectivity index (χ0v) is 17.6. The van der Waals surface area contributed by atoms with Crippen LogP contribution in [-0.2, 0) is 10.2 Å². The number of ether oxygens (including phenoxy) is 2. The van der Waals surface area contributed by atoms with E-state index < -0.39 is 5.82 Å². The fraction of sp³-hybridized carbons (Fsp3) is 0.304. The number of hydrogen-bond donors (Lipinski definition) is 0. The molecule has 0 radical (unpaired) electrons. The first-order valence-corrected chi connectivity index (χ1v) is 10.4. The molecule has 0 aliphatic heterocycles. The molecular weight excluding hydrogens is 437 g/mol. The minimum Gasteiger partial charge on any atom is -0.486 e. The van der Waals surface area contributed by atoms with Crippen molar-refractivity contribution in [3.63, 3.8) is 0 Å². The fourth-order valence-corrected chi connectivity index (χ4v) is 4.93. The summed E-state index contributed by atoms with van der Waals surface area (Å²) in [6, 6.07) is 12.8. The summed E-state index contributed by atoms with van der Waals surface area (Å²) < 4.78 is 30.1. The second kappa shape index (κ2) is 7.61. The van der Waals surface area contributed by atoms with E-state index in [1.807, 2.05) is 6.07 Å². The third-order valence-corrected chi connectivity index (χ3v) is 6.34. The number of aromatic nitrogens is 2. The van der Waals surface area contributed by atoms with Gasteiger partial charge in [-0.3, -0.25) is 4.79 Å². The monoisotopic (exact) mass is 453 g/mol. The molecule has 9 heteroatoms. The number of carbonyl (C=O) groups is 1. The maximum Gasteiger partial charge on any atom is 0.420 e. The Morgan fingerprint density at radius 3 is 2.75 bits per heavy atom. The number of nitrogens with zero attached hydrogens (tertiary/aromatic N) is 3. The van der Waals surface area contributed by atoms with Crippen LogP contribution >= 0.6 is 11.6 Å². The largest absolute Gasteiger partial charge is 0.486 e. The van der Waals surface area contributed by atoms with Gasteiger partial charge in [0, 0.05) is 12.5 Å². The summed E-state index contributed by atoms with van der Waals surface area (Å²) in [5, 5.41) is 17.1. The molecule has 0 atom stereocenters. The minimum absolute atomic E-state index is 0.00751. The molecule has 0 saturated heterocycles. The highest BCUT2D eigenvalue weighted by molar-refractivity contribution is 6.30. The molecule has 7 nitrogen and oxygen atoms in total. The first-order chi connectivity index (χ1) is 15.4. The van der Waals surface area contributed by atoms with E-state index >= 15 is 0 Å². The number of nitriles is 1. The van der Waals surface area contributed by atoms with Crippen LogP contribution in [0.3, 0.4) is 0 Å². The van der Waals surface area contributed by atoms with E-state index in [1.54, 1.807) is 24.3 Å². The Kier molecular flexibility index (Phi) is 4.86. The van der Waals surface area contributed by atoms with Gasteiger partial charge in [0.25, 0.3) is 0 Å². The molecule has 0 N–H and O–H groups in total. The van der Waals surface area contributed by atoms with Crippen molar-refractivity contribution in [1.82, 2.24) is 10.2 Å². The van der Waals surface area contributed by atoms with Crippen LogP contribution in [0.2, 0.25) is 5.02 Å². The lowest BCUT2D eigenvalue weighted by Crippen LogP contribution is -2.65. The molecule has 3 fully saturated rings. The zero-order chi connectivity index (χ0) is 22.3. The summed E-state index contributed by atoms with van der Waals surface area (Å²) in [5.41, 5.74) is 0.199. The lowest BCUT2D eigenvalue weighted by molar-refractivity contribution is -0.168. The molecule has 1 heterocycles. The van der Waals surface area contributed by atoms with Crippen molar-refractivity contribution < 1.29 is 23.1 Å². The Hall–Kier alpha value is -3.44. The van der Waals surface area contributed by atoms with Gasteiger partial charge in [-0.1, -0.05) is 22.8 Å². The van der Waals surface area contributed by atoms with Gasteiger partial charge in [-0.15, -0.1) is 5.10 Å². The maximum absolute atomic E-state index is 13.5. The van der Waals surface area contributed by atoms with E-state index in [9.17, 15) is 9.18 Å². The van der Waals surface area contributed by atoms with Gasteiger partial charge < -0.3 is 13.9 Å². The third-order valence-electron chi connectivity index (χ3n) is 6.03. The molecule has 162 valence electrons. The Morgan fingerprint density at radius 1 is 1.19 bits per heavy atom. The number of ketones is 1. The molecule has 0 amide bonds. The summed E-state index contributed by atoms with van der Waals surface area (Å²) >= 11 is 5.65. The van der Waals surface area contributed by atoms with Crippen LogP contribution in [-0.4, -0.2) is 22.6 Å². The minimum atomic E-state index is -0.585. The highest BCUT2D eigenvalue weighted by Gasteiger charge is 2.71. The molecule has 6 rings (SSSR count). The Labute approximate surface area is 187 Å². The number of Topliss-reactive ketones (excluding diaryl/α,β-unsaturated/α-hetero) is 1. The van der Waals surface area contributed by atoms with E-state index in [0.29, 0.717) is 23.6 Å². The van der Waals surface area contributed by atoms with Gasteiger partial charge in [0.05, 0.1) is 22.1 Å². The Bertz CT molecular complexity index is 1230. The van der Waals surface area contributed by atoms with Crippen molar-refractivity contribution >= 4 is 17.4 Å². The number of hydrogen-bond acceptors (Lipinski definition) is 7. The van der Waals surface area contributed by atoms with E-state index in [-0.39, 0.29) is 40.1 Å². The Morgan fingerprint density at radius 2 is 2.00 bits per heavy atom. The second-order valence-electron chi connectivity index (χ2n) is 8.51. The lowest BCUT2D eigenvalue weighted by atomic mass is 9.34. The van der Waals surface area contributed by atoms with Crippen molar-refractivity contribution in [2.75, 3.05) is 6.61 Å². The first kappa shape index (κ1) is 20.5. The van der Waals surface area contributed by atoms with Crippen LogP contribution in [0.15, 0.2) is 46.9 Å². The van der Waals surface area contributed by atoms with Gasteiger partial charge >= 0.3 is 6.08 Å². The predicted molar refractivity (Wildman–Crippen MR) is 110 cm³/mol. The number of benzene rings is 2. The van der Waals surface area contributed by atoms with E-state index in [4.69, 9.17) is 30.8 Å². The number of halogens is 2. The molecule has 3 saturated carbocycles. The van der Waals surface area contributed by atoms with Gasteiger partial charge in [-0.05, 0) is 55.0 Å². The van der Waals surface area contributed by atoms with Crippen LogP contribution in [0.4, 0.5) is 4.39 Å². The van der Waals surface area contributed by atoms with Gasteiger partial charge in [-0.2, -0.15) is 5.26 Å². The molecular formula is C23H17ClFN3O4. The van der Waals surface area contributed by atoms with Gasteiger partial charge in [0.15, 0.2) is 5.78 Å². The second-order valence-corrected chi connectivity index (χ2v) is 8.91. The molecule has 2 aromatic carbocycles. The van der Waals surface area contributed by atoms with Crippen LogP contribution in [0, 0.1) is 22.6 Å².